The molecule has 1 aliphatic rings. The third kappa shape index (κ3) is 4.69. The summed E-state index contributed by atoms with van der Waals surface area (Å²) in [7, 11) is 0. The summed E-state index contributed by atoms with van der Waals surface area (Å²) in [6, 6.07) is 21.2. The number of hydrogen-bond acceptors (Lipinski definition) is 4. The molecule has 174 valence electrons. The zero-order valence-corrected chi connectivity index (χ0v) is 18.6. The van der Waals surface area contributed by atoms with Gasteiger partial charge in [0.05, 0.1) is 0 Å². The highest BCUT2D eigenvalue weighted by Gasteiger charge is 2.49. The van der Waals surface area contributed by atoms with Gasteiger partial charge in [0.15, 0.2) is 5.78 Å². The lowest BCUT2D eigenvalue weighted by Crippen LogP contribution is -2.53. The molecule has 3 aromatic rings. The molecule has 0 bridgehead atoms. The minimum absolute atomic E-state index is 0.00544. The van der Waals surface area contributed by atoms with Crippen molar-refractivity contribution in [3.8, 4) is 11.5 Å². The average Bonchev–Trinajstić information content (AvgIpc) is 3.31. The van der Waals surface area contributed by atoms with Crippen LogP contribution in [0.4, 0.5) is 4.39 Å². The van der Waals surface area contributed by atoms with E-state index in [-0.39, 0.29) is 30.3 Å². The van der Waals surface area contributed by atoms with Gasteiger partial charge in [-0.25, -0.2) is 4.39 Å². The van der Waals surface area contributed by atoms with Gasteiger partial charge in [0.1, 0.15) is 22.9 Å². The summed E-state index contributed by atoms with van der Waals surface area (Å²) in [4.78, 5) is 39.8. The molecule has 0 aromatic heterocycles. The monoisotopic (exact) mass is 460 g/mol. The van der Waals surface area contributed by atoms with Crippen LogP contribution in [0.25, 0.3) is 0 Å². The normalized spacial score (nSPS) is 17.4. The van der Waals surface area contributed by atoms with Crippen LogP contribution in [0, 0.1) is 5.82 Å². The van der Waals surface area contributed by atoms with E-state index in [9.17, 15) is 18.8 Å². The number of nitrogens with two attached hydrogens (primary N) is 1. The van der Waals surface area contributed by atoms with Gasteiger partial charge in [-0.1, -0.05) is 42.5 Å². The maximum atomic E-state index is 13.1. The van der Waals surface area contributed by atoms with Crippen LogP contribution in [-0.2, 0) is 15.1 Å². The number of hydrogen-bond donors (Lipinski definition) is 1. The van der Waals surface area contributed by atoms with Crippen LogP contribution >= 0.6 is 0 Å². The van der Waals surface area contributed by atoms with E-state index in [4.69, 9.17) is 10.5 Å². The van der Waals surface area contributed by atoms with Crippen molar-refractivity contribution in [1.29, 1.82) is 0 Å². The predicted octanol–water partition coefficient (Wildman–Crippen LogP) is 4.58. The second-order valence-electron chi connectivity index (χ2n) is 8.24. The summed E-state index contributed by atoms with van der Waals surface area (Å²) in [6.07, 6.45) is 1.07. The van der Waals surface area contributed by atoms with Gasteiger partial charge in [0.2, 0.25) is 11.8 Å². The van der Waals surface area contributed by atoms with Gasteiger partial charge in [0.25, 0.3) is 0 Å². The Morgan fingerprint density at radius 3 is 2.12 bits per heavy atom. The number of nitrogens with zero attached hydrogens (tertiary/aromatic N) is 1. The zero-order valence-electron chi connectivity index (χ0n) is 18.6. The largest absolute Gasteiger partial charge is 0.457 e. The van der Waals surface area contributed by atoms with Crippen molar-refractivity contribution in [3.05, 3.63) is 95.8 Å². The van der Waals surface area contributed by atoms with Crippen molar-refractivity contribution in [1.82, 2.24) is 4.90 Å². The highest BCUT2D eigenvalue weighted by Crippen LogP contribution is 2.40. The van der Waals surface area contributed by atoms with Crippen molar-refractivity contribution >= 4 is 17.6 Å². The molecule has 3 aromatic carbocycles. The molecule has 1 saturated heterocycles. The van der Waals surface area contributed by atoms with E-state index in [1.54, 1.807) is 48.5 Å². The number of likely N-dealkylation sites (tertiary alicyclic amines) is 1. The number of ketones is 1. The van der Waals surface area contributed by atoms with Crippen molar-refractivity contribution in [2.45, 2.75) is 31.2 Å². The van der Waals surface area contributed by atoms with Gasteiger partial charge in [-0.05, 0) is 54.8 Å². The zero-order chi connectivity index (χ0) is 24.1. The van der Waals surface area contributed by atoms with Crippen LogP contribution in [0.1, 0.15) is 41.6 Å². The molecule has 1 heterocycles. The number of carbonyl (C=O) groups is 3. The molecule has 7 heteroatoms. The maximum absolute atomic E-state index is 13.1. The van der Waals surface area contributed by atoms with Crippen LogP contribution in [0.15, 0.2) is 78.9 Å². The molecule has 0 saturated carbocycles. The molecule has 4 rings (SSSR count). The van der Waals surface area contributed by atoms with E-state index in [0.29, 0.717) is 42.0 Å². The van der Waals surface area contributed by atoms with Gasteiger partial charge in [-0.3, -0.25) is 14.4 Å². The molecule has 2 N–H and O–H groups in total. The highest BCUT2D eigenvalue weighted by atomic mass is 19.1. The molecule has 34 heavy (non-hydrogen) atoms. The third-order valence-corrected chi connectivity index (χ3v) is 6.13. The lowest BCUT2D eigenvalue weighted by atomic mass is 9.86. The van der Waals surface area contributed by atoms with Crippen molar-refractivity contribution in [2.75, 3.05) is 6.54 Å². The first-order valence-corrected chi connectivity index (χ1v) is 11.1. The van der Waals surface area contributed by atoms with E-state index >= 15 is 0 Å². The van der Waals surface area contributed by atoms with E-state index in [1.807, 2.05) is 6.07 Å². The molecular weight excluding hydrogens is 435 g/mol. The minimum atomic E-state index is -1.28. The smallest absolute Gasteiger partial charge is 0.248 e. The average molecular weight is 461 g/mol. The van der Waals surface area contributed by atoms with Crippen LogP contribution < -0.4 is 10.5 Å². The second kappa shape index (κ2) is 9.87. The first-order chi connectivity index (χ1) is 16.4. The standard InChI is InChI=1S/C27H25FN2O4/c28-21-9-13-23(14-10-21)34-22-11-7-20(8-12-22)27(26(29)33)17-4-18-30(27)25(32)16-15-24(31)19-5-2-1-3-6-19/h1-3,5-14H,4,15-18H2,(H2,29,33). The summed E-state index contributed by atoms with van der Waals surface area (Å²) >= 11 is 0. The third-order valence-electron chi connectivity index (χ3n) is 6.13. The summed E-state index contributed by atoms with van der Waals surface area (Å²) in [5, 5.41) is 0. The van der Waals surface area contributed by atoms with Gasteiger partial charge in [-0.2, -0.15) is 0 Å². The molecule has 1 atom stereocenters. The number of carbonyl (C=O) groups excluding carboxylic acids is 3. The van der Waals surface area contributed by atoms with Crippen molar-refractivity contribution < 1.29 is 23.5 Å². The lowest BCUT2D eigenvalue weighted by Gasteiger charge is -2.36. The van der Waals surface area contributed by atoms with E-state index in [1.165, 1.54) is 29.2 Å². The van der Waals surface area contributed by atoms with Crippen LogP contribution in [0.2, 0.25) is 0 Å². The van der Waals surface area contributed by atoms with Crippen LogP contribution in [0.5, 0.6) is 11.5 Å². The summed E-state index contributed by atoms with van der Waals surface area (Å²) in [5.74, 6) is -0.409. The summed E-state index contributed by atoms with van der Waals surface area (Å²) < 4.78 is 18.8. The number of primary amides is 1. The van der Waals surface area contributed by atoms with Gasteiger partial charge >= 0.3 is 0 Å². The number of rotatable bonds is 8. The Balaban J connectivity index is 1.50. The number of benzene rings is 3. The molecular formula is C27H25FN2O4. The van der Waals surface area contributed by atoms with Gasteiger partial charge in [0, 0.05) is 24.9 Å². The van der Waals surface area contributed by atoms with Crippen LogP contribution in [-0.4, -0.2) is 29.0 Å². The highest BCUT2D eigenvalue weighted by molar-refractivity contribution is 5.99. The van der Waals surface area contributed by atoms with E-state index in [2.05, 4.69) is 0 Å². The Kier molecular flexibility index (Phi) is 6.72. The molecule has 0 aliphatic carbocycles. The molecule has 0 spiro atoms. The van der Waals surface area contributed by atoms with E-state index < -0.39 is 11.4 Å². The Bertz CT molecular complexity index is 1180. The van der Waals surface area contributed by atoms with E-state index in [0.717, 1.165) is 0 Å². The fourth-order valence-corrected chi connectivity index (χ4v) is 4.42. The number of halogens is 1. The molecule has 2 amide bonds. The predicted molar refractivity (Wildman–Crippen MR) is 125 cm³/mol. The molecule has 6 nitrogen and oxygen atoms in total. The van der Waals surface area contributed by atoms with Crippen molar-refractivity contribution in [3.63, 3.8) is 0 Å². The Morgan fingerprint density at radius 2 is 1.50 bits per heavy atom. The molecule has 1 fully saturated rings. The Labute approximate surface area is 197 Å². The summed E-state index contributed by atoms with van der Waals surface area (Å²) in [5.41, 5.74) is 5.71. The number of ether oxygens (including phenoxy) is 1. The quantitative estimate of drug-likeness (QED) is 0.498. The first kappa shape index (κ1) is 23.2. The SMILES string of the molecule is NC(=O)C1(c2ccc(Oc3ccc(F)cc3)cc2)CCCN1C(=O)CCC(=O)c1ccccc1. The fourth-order valence-electron chi connectivity index (χ4n) is 4.42. The number of amides is 2. The summed E-state index contributed by atoms with van der Waals surface area (Å²) in [6.45, 7) is 0.384. The fraction of sp³-hybridized carbons (Fsp3) is 0.222. The maximum Gasteiger partial charge on any atom is 0.248 e. The first-order valence-electron chi connectivity index (χ1n) is 11.1. The molecule has 1 unspecified atom stereocenters. The molecule has 1 aliphatic heterocycles. The van der Waals surface area contributed by atoms with Gasteiger partial charge in [-0.15, -0.1) is 0 Å². The molecule has 0 radical (unpaired) electrons. The Morgan fingerprint density at radius 1 is 0.882 bits per heavy atom. The second-order valence-corrected chi connectivity index (χ2v) is 8.24. The lowest BCUT2D eigenvalue weighted by molar-refractivity contribution is -0.144. The number of Topliss-reactive ketones (excluding diaryl/α,β-unsaturated/α-hetero) is 1. The van der Waals surface area contributed by atoms with Crippen molar-refractivity contribution in [2.24, 2.45) is 5.73 Å². The topological polar surface area (TPSA) is 89.7 Å². The van der Waals surface area contributed by atoms with Crippen LogP contribution in [0.3, 0.4) is 0 Å². The minimum Gasteiger partial charge on any atom is -0.457 e. The van der Waals surface area contributed by atoms with Gasteiger partial charge < -0.3 is 15.4 Å². The Hall–Kier alpha value is -4.00.